The third kappa shape index (κ3) is 2.67. The largest absolute Gasteiger partial charge is 0.468 e. The van der Waals surface area contributed by atoms with Crippen molar-refractivity contribution in [2.75, 3.05) is 0 Å². The highest BCUT2D eigenvalue weighted by molar-refractivity contribution is 7.14. The molecule has 0 saturated heterocycles. The molecular weight excluding hydrogens is 242 g/mol. The minimum absolute atomic E-state index is 0.198. The number of hydrogen-bond acceptors (Lipinski definition) is 3. The molecule has 86 valence electrons. The number of halogens is 1. The summed E-state index contributed by atoms with van der Waals surface area (Å²) in [6.07, 6.45) is 1.69. The highest BCUT2D eigenvalue weighted by Gasteiger charge is 2.13. The lowest BCUT2D eigenvalue weighted by molar-refractivity contribution is 0.403. The van der Waals surface area contributed by atoms with Gasteiger partial charge in [-0.05, 0) is 43.0 Å². The summed E-state index contributed by atoms with van der Waals surface area (Å²) in [7, 11) is 0. The Morgan fingerprint density at radius 2 is 2.19 bits per heavy atom. The van der Waals surface area contributed by atoms with Crippen molar-refractivity contribution in [3.8, 4) is 0 Å². The van der Waals surface area contributed by atoms with Gasteiger partial charge in [0.2, 0.25) is 0 Å². The van der Waals surface area contributed by atoms with E-state index in [1.807, 2.05) is 18.2 Å². The van der Waals surface area contributed by atoms with Crippen LogP contribution in [0.3, 0.4) is 0 Å². The zero-order chi connectivity index (χ0) is 11.5. The molecule has 0 bridgehead atoms. The van der Waals surface area contributed by atoms with E-state index >= 15 is 0 Å². The highest BCUT2D eigenvalue weighted by atomic mass is 35.5. The third-order valence-electron chi connectivity index (χ3n) is 2.56. The van der Waals surface area contributed by atoms with Crippen molar-refractivity contribution in [2.24, 2.45) is 0 Å². The first-order chi connectivity index (χ1) is 7.66. The molecule has 0 aliphatic carbocycles. The lowest BCUT2D eigenvalue weighted by atomic mass is 10.1. The number of hydrogen-bond donors (Lipinski definition) is 1. The normalized spacial score (nSPS) is 14.9. The van der Waals surface area contributed by atoms with Crippen LogP contribution in [0.25, 0.3) is 0 Å². The van der Waals surface area contributed by atoms with E-state index in [2.05, 4.69) is 24.5 Å². The second-order valence-electron chi connectivity index (χ2n) is 3.81. The molecule has 2 heterocycles. The van der Waals surface area contributed by atoms with Gasteiger partial charge in [0, 0.05) is 6.04 Å². The third-order valence-corrected chi connectivity index (χ3v) is 3.67. The molecular formula is C12H14ClNOS. The molecule has 2 nitrogen and oxygen atoms in total. The van der Waals surface area contributed by atoms with Crippen LogP contribution in [0.1, 0.15) is 37.3 Å². The summed E-state index contributed by atoms with van der Waals surface area (Å²) in [5.41, 5.74) is 1.22. The van der Waals surface area contributed by atoms with Crippen molar-refractivity contribution in [2.45, 2.75) is 25.9 Å². The van der Waals surface area contributed by atoms with Crippen LogP contribution in [0.15, 0.2) is 34.3 Å². The average molecular weight is 256 g/mol. The molecule has 16 heavy (non-hydrogen) atoms. The van der Waals surface area contributed by atoms with Crippen LogP contribution in [0, 0.1) is 0 Å². The molecule has 2 atom stereocenters. The number of thiophene rings is 1. The lowest BCUT2D eigenvalue weighted by Gasteiger charge is -2.17. The maximum Gasteiger partial charge on any atom is 0.120 e. The van der Waals surface area contributed by atoms with E-state index in [1.165, 1.54) is 5.56 Å². The van der Waals surface area contributed by atoms with Gasteiger partial charge in [-0.15, -0.1) is 11.3 Å². The van der Waals surface area contributed by atoms with Crippen LogP contribution in [0.5, 0.6) is 0 Å². The van der Waals surface area contributed by atoms with Crippen molar-refractivity contribution in [1.82, 2.24) is 5.32 Å². The molecule has 0 amide bonds. The quantitative estimate of drug-likeness (QED) is 0.876. The Hall–Kier alpha value is -0.770. The zero-order valence-corrected chi connectivity index (χ0v) is 10.8. The molecule has 1 N–H and O–H groups in total. The van der Waals surface area contributed by atoms with Crippen LogP contribution < -0.4 is 5.32 Å². The topological polar surface area (TPSA) is 25.2 Å². The molecule has 0 aliphatic heterocycles. The monoisotopic (exact) mass is 255 g/mol. The fourth-order valence-corrected chi connectivity index (χ4v) is 2.63. The highest BCUT2D eigenvalue weighted by Crippen LogP contribution is 2.26. The molecule has 0 aliphatic rings. The Morgan fingerprint density at radius 1 is 1.38 bits per heavy atom. The van der Waals surface area contributed by atoms with Gasteiger partial charge in [-0.1, -0.05) is 11.6 Å². The van der Waals surface area contributed by atoms with Crippen LogP contribution in [0.2, 0.25) is 4.34 Å². The molecule has 0 fully saturated rings. The van der Waals surface area contributed by atoms with E-state index in [0.717, 1.165) is 10.1 Å². The van der Waals surface area contributed by atoms with Gasteiger partial charge in [0.05, 0.1) is 16.6 Å². The SMILES string of the molecule is CC(NC(C)c1ccco1)c1csc(Cl)c1. The summed E-state index contributed by atoms with van der Waals surface area (Å²) < 4.78 is 6.18. The second-order valence-corrected chi connectivity index (χ2v) is 5.35. The molecule has 2 unspecified atom stereocenters. The van der Waals surface area contributed by atoms with Gasteiger partial charge >= 0.3 is 0 Å². The minimum atomic E-state index is 0.198. The van der Waals surface area contributed by atoms with E-state index in [9.17, 15) is 0 Å². The van der Waals surface area contributed by atoms with Crippen molar-refractivity contribution in [1.29, 1.82) is 0 Å². The predicted molar refractivity (Wildman–Crippen MR) is 68.0 cm³/mol. The predicted octanol–water partition coefficient (Wildman–Crippen LogP) is 4.41. The fraction of sp³-hybridized carbons (Fsp3) is 0.333. The summed E-state index contributed by atoms with van der Waals surface area (Å²) in [5.74, 6) is 0.952. The molecule has 2 rings (SSSR count). The Morgan fingerprint density at radius 3 is 2.75 bits per heavy atom. The van der Waals surface area contributed by atoms with E-state index in [1.54, 1.807) is 17.6 Å². The Bertz CT molecular complexity index is 438. The van der Waals surface area contributed by atoms with Gasteiger partial charge in [0.15, 0.2) is 0 Å². The summed E-state index contributed by atoms with van der Waals surface area (Å²) in [4.78, 5) is 0. The van der Waals surface area contributed by atoms with Crippen molar-refractivity contribution in [3.63, 3.8) is 0 Å². The second kappa shape index (κ2) is 5.04. The summed E-state index contributed by atoms with van der Waals surface area (Å²) in [5, 5.41) is 5.54. The molecule has 0 radical (unpaired) electrons. The molecule has 2 aromatic heterocycles. The van der Waals surface area contributed by atoms with Crippen LogP contribution in [-0.4, -0.2) is 0 Å². The van der Waals surface area contributed by atoms with Crippen molar-refractivity contribution in [3.05, 3.63) is 45.5 Å². The Balaban J connectivity index is 2.00. The summed E-state index contributed by atoms with van der Waals surface area (Å²) in [6.45, 7) is 4.21. The summed E-state index contributed by atoms with van der Waals surface area (Å²) in [6, 6.07) is 6.34. The van der Waals surface area contributed by atoms with E-state index < -0.39 is 0 Å². The van der Waals surface area contributed by atoms with Crippen LogP contribution in [0.4, 0.5) is 0 Å². The van der Waals surface area contributed by atoms with Crippen LogP contribution in [-0.2, 0) is 0 Å². The number of rotatable bonds is 4. The standard InChI is InChI=1S/C12H14ClNOS/c1-8(10-6-12(13)16-7-10)14-9(2)11-4-3-5-15-11/h3-9,14H,1-2H3. The zero-order valence-electron chi connectivity index (χ0n) is 9.24. The van der Waals surface area contributed by atoms with Crippen LogP contribution >= 0.6 is 22.9 Å². The number of nitrogens with one attached hydrogen (secondary N) is 1. The minimum Gasteiger partial charge on any atom is -0.468 e. The molecule has 0 aromatic carbocycles. The van der Waals surface area contributed by atoms with Gasteiger partial charge in [0.25, 0.3) is 0 Å². The smallest absolute Gasteiger partial charge is 0.120 e. The first kappa shape index (κ1) is 11.7. The van der Waals surface area contributed by atoms with Gasteiger partial charge in [-0.25, -0.2) is 0 Å². The van der Waals surface area contributed by atoms with Gasteiger partial charge < -0.3 is 9.73 Å². The van der Waals surface area contributed by atoms with E-state index in [0.29, 0.717) is 0 Å². The maximum absolute atomic E-state index is 5.91. The first-order valence-corrected chi connectivity index (χ1v) is 6.46. The average Bonchev–Trinajstić information content (AvgIpc) is 2.87. The number of furan rings is 1. The molecule has 4 heteroatoms. The first-order valence-electron chi connectivity index (χ1n) is 5.20. The molecule has 0 spiro atoms. The van der Waals surface area contributed by atoms with Crippen molar-refractivity contribution < 1.29 is 4.42 Å². The fourth-order valence-electron chi connectivity index (χ4n) is 1.64. The van der Waals surface area contributed by atoms with E-state index in [4.69, 9.17) is 16.0 Å². The molecule has 2 aromatic rings. The molecule has 0 saturated carbocycles. The van der Waals surface area contributed by atoms with Gasteiger partial charge in [-0.2, -0.15) is 0 Å². The lowest BCUT2D eigenvalue weighted by Crippen LogP contribution is -2.21. The Labute approximate surface area is 104 Å². The van der Waals surface area contributed by atoms with Crippen molar-refractivity contribution >= 4 is 22.9 Å². The Kier molecular flexibility index (Phi) is 3.69. The summed E-state index contributed by atoms with van der Waals surface area (Å²) >= 11 is 7.47. The van der Waals surface area contributed by atoms with Gasteiger partial charge in [0.1, 0.15) is 5.76 Å². The maximum atomic E-state index is 5.91. The van der Waals surface area contributed by atoms with E-state index in [-0.39, 0.29) is 12.1 Å². The van der Waals surface area contributed by atoms with Gasteiger partial charge in [-0.3, -0.25) is 0 Å².